The zero-order chi connectivity index (χ0) is 17.7. The molecule has 0 aromatic rings. The predicted octanol–water partition coefficient (Wildman–Crippen LogP) is 5.18. The van der Waals surface area contributed by atoms with Crippen LogP contribution in [0.1, 0.15) is 101 Å². The van der Waals surface area contributed by atoms with E-state index in [-0.39, 0.29) is 40.6 Å². The summed E-state index contributed by atoms with van der Waals surface area (Å²) in [4.78, 5) is 22.6. The third kappa shape index (κ3) is 11.7. The molecule has 0 aliphatic heterocycles. The Kier molecular flexibility index (Phi) is 17.0. The minimum atomic E-state index is -1.12. The number of carboxylic acids is 1. The van der Waals surface area contributed by atoms with Gasteiger partial charge in [0.25, 0.3) is 0 Å². The van der Waals surface area contributed by atoms with Gasteiger partial charge in [0, 0.05) is 0 Å². The molecule has 0 aromatic heterocycles. The molecular weight excluding hydrogens is 332 g/mol. The molecule has 0 saturated heterocycles. The molecule has 0 rings (SSSR count). The van der Waals surface area contributed by atoms with Crippen molar-refractivity contribution >= 4 is 49.7 Å². The van der Waals surface area contributed by atoms with Gasteiger partial charge in [0.1, 0.15) is 12.0 Å². The van der Waals surface area contributed by atoms with E-state index in [1.54, 1.807) is 0 Å². The van der Waals surface area contributed by atoms with Gasteiger partial charge in [-0.25, -0.2) is 0 Å². The fraction of sp³-hybridized carbons (Fsp3) is 0.895. The average Bonchev–Trinajstić information content (AvgIpc) is 2.47. The largest absolute Gasteiger partial charge is 2.00 e. The first-order valence-corrected chi connectivity index (χ1v) is 9.33. The number of hydrogen-bond donors (Lipinski definition) is 1. The van der Waals surface area contributed by atoms with Crippen molar-refractivity contribution < 1.29 is 22.3 Å². The van der Waals surface area contributed by atoms with Crippen LogP contribution in [0, 0.1) is 5.92 Å². The Morgan fingerprint density at radius 3 is 2.12 bits per heavy atom. The van der Waals surface area contributed by atoms with Crippen molar-refractivity contribution in [2.75, 3.05) is 0 Å². The summed E-state index contributed by atoms with van der Waals surface area (Å²) in [7, 11) is 0. The first-order valence-electron chi connectivity index (χ1n) is 9.33. The molecule has 0 heterocycles. The normalized spacial score (nSPS) is 14.3. The van der Waals surface area contributed by atoms with Gasteiger partial charge < -0.3 is 12.7 Å². The zero-order valence-electron chi connectivity index (χ0n) is 18.2. The Morgan fingerprint density at radius 2 is 1.62 bits per heavy atom. The molecule has 0 fully saturated rings. The van der Waals surface area contributed by atoms with E-state index in [4.69, 9.17) is 9.84 Å². The molecule has 5 heteroatoms. The molecule has 2 atom stereocenters. The Balaban J connectivity index is -0.000000807. The van der Waals surface area contributed by atoms with Gasteiger partial charge in [0.15, 0.2) is 0 Å². The number of hydrogen-bond acceptors (Lipinski definition) is 3. The van der Waals surface area contributed by atoms with Crippen molar-refractivity contribution in [3.05, 3.63) is 0 Å². The van der Waals surface area contributed by atoms with Gasteiger partial charge in [-0.3, -0.25) is 9.59 Å². The standard InChI is InChI=1S/C19H36O4.Ca.2H/c1-5-8-10-12-14-19(4,23-18(22)15-17(20)21)16(7-3)13-11-9-6-2;;;/h16H,5-15H2,1-4H3,(H,20,21);;;/q;+2;2*-1. The molecule has 1 N–H and O–H groups in total. The maximum Gasteiger partial charge on any atom is 2.00 e. The number of aliphatic carboxylic acids is 1. The molecule has 4 nitrogen and oxygen atoms in total. The summed E-state index contributed by atoms with van der Waals surface area (Å²) in [6.45, 7) is 8.48. The number of ether oxygens (including phenoxy) is 1. The Morgan fingerprint density at radius 1 is 1.04 bits per heavy atom. The molecule has 0 aliphatic rings. The maximum absolute atomic E-state index is 11.9. The molecule has 24 heavy (non-hydrogen) atoms. The van der Waals surface area contributed by atoms with Crippen molar-refractivity contribution in [1.82, 2.24) is 0 Å². The van der Waals surface area contributed by atoms with Crippen LogP contribution < -0.4 is 0 Å². The topological polar surface area (TPSA) is 63.6 Å². The third-order valence-corrected chi connectivity index (χ3v) is 4.68. The summed E-state index contributed by atoms with van der Waals surface area (Å²) >= 11 is 0. The van der Waals surface area contributed by atoms with E-state index in [1.165, 1.54) is 25.7 Å². The van der Waals surface area contributed by atoms with Gasteiger partial charge in [0.05, 0.1) is 0 Å². The fourth-order valence-corrected chi connectivity index (χ4v) is 3.24. The molecule has 0 radical (unpaired) electrons. The average molecular weight is 371 g/mol. The SMILES string of the molecule is CCCCCCC(C)(OC(=O)CC(=O)O)C(CC)CCCCC.[Ca+2].[H-].[H-]. The Bertz CT molecular complexity index is 356. The second-order valence-electron chi connectivity index (χ2n) is 6.77. The van der Waals surface area contributed by atoms with E-state index in [0.29, 0.717) is 5.92 Å². The van der Waals surface area contributed by atoms with Gasteiger partial charge in [-0.1, -0.05) is 59.3 Å². The van der Waals surface area contributed by atoms with Crippen molar-refractivity contribution in [2.24, 2.45) is 5.92 Å². The van der Waals surface area contributed by atoms with Crippen molar-refractivity contribution in [3.8, 4) is 0 Å². The molecule has 0 bridgehead atoms. The van der Waals surface area contributed by atoms with Crippen LogP contribution in [-0.2, 0) is 14.3 Å². The molecule has 0 aliphatic carbocycles. The van der Waals surface area contributed by atoms with Crippen LogP contribution in [-0.4, -0.2) is 60.4 Å². The molecule has 140 valence electrons. The van der Waals surface area contributed by atoms with Crippen LogP contribution in [0.3, 0.4) is 0 Å². The van der Waals surface area contributed by atoms with Gasteiger partial charge in [-0.05, 0) is 38.5 Å². The van der Waals surface area contributed by atoms with E-state index in [0.717, 1.165) is 38.5 Å². The summed E-state index contributed by atoms with van der Waals surface area (Å²) in [6, 6.07) is 0. The Hall–Kier alpha value is 0.200. The minimum absolute atomic E-state index is 0. The van der Waals surface area contributed by atoms with Crippen LogP contribution in [0.25, 0.3) is 0 Å². The number of carbonyl (C=O) groups is 2. The molecule has 2 unspecified atom stereocenters. The van der Waals surface area contributed by atoms with Crippen LogP contribution in [0.5, 0.6) is 0 Å². The molecule has 0 spiro atoms. The summed E-state index contributed by atoms with van der Waals surface area (Å²) in [6.07, 6.45) is 10.3. The van der Waals surface area contributed by atoms with E-state index in [1.807, 2.05) is 6.92 Å². The van der Waals surface area contributed by atoms with Gasteiger partial charge >= 0.3 is 49.7 Å². The number of carbonyl (C=O) groups excluding carboxylic acids is 1. The summed E-state index contributed by atoms with van der Waals surface area (Å²) < 4.78 is 5.69. The zero-order valence-corrected chi connectivity index (χ0v) is 18.4. The van der Waals surface area contributed by atoms with E-state index < -0.39 is 24.0 Å². The monoisotopic (exact) mass is 370 g/mol. The van der Waals surface area contributed by atoms with Crippen molar-refractivity contribution in [2.45, 2.75) is 104 Å². The second-order valence-corrected chi connectivity index (χ2v) is 6.77. The molecule has 0 saturated carbocycles. The maximum atomic E-state index is 11.9. The van der Waals surface area contributed by atoms with Crippen molar-refractivity contribution in [1.29, 1.82) is 0 Å². The fourth-order valence-electron chi connectivity index (χ4n) is 3.24. The van der Waals surface area contributed by atoms with E-state index >= 15 is 0 Å². The summed E-state index contributed by atoms with van der Waals surface area (Å²) in [5, 5.41) is 8.80. The van der Waals surface area contributed by atoms with Gasteiger partial charge in [0.2, 0.25) is 0 Å². The molecule has 0 amide bonds. The predicted molar refractivity (Wildman–Crippen MR) is 101 cm³/mol. The van der Waals surface area contributed by atoms with Crippen LogP contribution in [0.4, 0.5) is 0 Å². The van der Waals surface area contributed by atoms with Crippen LogP contribution in [0.2, 0.25) is 0 Å². The summed E-state index contributed by atoms with van der Waals surface area (Å²) in [5.74, 6) is -1.43. The van der Waals surface area contributed by atoms with Gasteiger partial charge in [-0.15, -0.1) is 0 Å². The Labute approximate surface area is 181 Å². The number of esters is 1. The first kappa shape index (κ1) is 26.4. The van der Waals surface area contributed by atoms with Crippen LogP contribution in [0.15, 0.2) is 0 Å². The smallest absolute Gasteiger partial charge is 1.00 e. The second kappa shape index (κ2) is 15.5. The molecule has 0 aromatic carbocycles. The number of unbranched alkanes of at least 4 members (excludes halogenated alkanes) is 5. The third-order valence-electron chi connectivity index (χ3n) is 4.68. The number of carboxylic acid groups (broad SMARTS) is 1. The van der Waals surface area contributed by atoms with Gasteiger partial charge in [-0.2, -0.15) is 0 Å². The quantitative estimate of drug-likeness (QED) is 0.198. The number of rotatable bonds is 14. The molecular formula is C19H38CaO4. The first-order chi connectivity index (χ1) is 10.9. The summed E-state index contributed by atoms with van der Waals surface area (Å²) in [5.41, 5.74) is -0.539. The van der Waals surface area contributed by atoms with Crippen LogP contribution >= 0.6 is 0 Å². The minimum Gasteiger partial charge on any atom is -1.00 e. The van der Waals surface area contributed by atoms with E-state index in [2.05, 4.69) is 20.8 Å². The van der Waals surface area contributed by atoms with E-state index in [9.17, 15) is 9.59 Å². The van der Waals surface area contributed by atoms with Crippen molar-refractivity contribution in [3.63, 3.8) is 0 Å².